The van der Waals surface area contributed by atoms with Crippen molar-refractivity contribution in [1.82, 2.24) is 25.3 Å². The van der Waals surface area contributed by atoms with Gasteiger partial charge in [-0.05, 0) is 52.0 Å². The summed E-state index contributed by atoms with van der Waals surface area (Å²) in [6, 6.07) is 5.66. The van der Waals surface area contributed by atoms with Crippen LogP contribution in [0.2, 0.25) is 0 Å². The number of carbonyl (C=O) groups excluding carboxylic acids is 2. The molecule has 9 nitrogen and oxygen atoms in total. The van der Waals surface area contributed by atoms with E-state index < -0.39 is 6.10 Å². The maximum absolute atomic E-state index is 13.0. The molecule has 0 radical (unpaired) electrons. The number of ether oxygens (including phenoxy) is 1. The molecule has 33 heavy (non-hydrogen) atoms. The molecular weight excluding hydrogens is 449 g/mol. The highest BCUT2D eigenvalue weighted by Gasteiger charge is 2.24. The number of benzene rings is 1. The Morgan fingerprint density at radius 3 is 2.48 bits per heavy atom. The average molecular weight is 480 g/mol. The smallest absolute Gasteiger partial charge is 0.277 e. The van der Waals surface area contributed by atoms with Gasteiger partial charge in [-0.15, -0.1) is 10.2 Å². The monoisotopic (exact) mass is 479 g/mol. The molecule has 0 aliphatic carbocycles. The molecule has 2 amide bonds. The number of carbonyl (C=O) groups is 2. The van der Waals surface area contributed by atoms with Crippen LogP contribution in [0, 0.1) is 5.82 Å². The molecule has 0 bridgehead atoms. The number of hydrogen-bond donors (Lipinski definition) is 1. The number of amides is 2. The van der Waals surface area contributed by atoms with Gasteiger partial charge in [0.25, 0.3) is 11.1 Å². The molecule has 1 N–H and O–H groups in total. The van der Waals surface area contributed by atoms with Crippen molar-refractivity contribution in [2.24, 2.45) is 0 Å². The fourth-order valence-electron chi connectivity index (χ4n) is 3.24. The summed E-state index contributed by atoms with van der Waals surface area (Å²) < 4.78 is 24.3. The molecule has 2 aromatic rings. The lowest BCUT2D eigenvalue weighted by molar-refractivity contribution is -0.130. The highest BCUT2D eigenvalue weighted by molar-refractivity contribution is 7.99. The lowest BCUT2D eigenvalue weighted by Crippen LogP contribution is -2.53. The fraction of sp³-hybridized carbons (Fsp3) is 0.545. The first-order chi connectivity index (χ1) is 15.6. The summed E-state index contributed by atoms with van der Waals surface area (Å²) in [5, 5.41) is 11.2. The largest absolute Gasteiger partial charge is 0.481 e. The molecule has 1 fully saturated rings. The second kappa shape index (κ2) is 11.0. The van der Waals surface area contributed by atoms with Crippen molar-refractivity contribution in [1.29, 1.82) is 0 Å². The maximum atomic E-state index is 13.0. The molecule has 1 aromatic heterocycles. The number of thioether (sulfide) groups is 1. The highest BCUT2D eigenvalue weighted by Crippen LogP contribution is 2.24. The number of rotatable bonds is 8. The minimum Gasteiger partial charge on any atom is -0.481 e. The van der Waals surface area contributed by atoms with Crippen molar-refractivity contribution in [3.8, 4) is 5.75 Å². The highest BCUT2D eigenvalue weighted by atomic mass is 32.2. The van der Waals surface area contributed by atoms with Crippen LogP contribution in [0.3, 0.4) is 0 Å². The van der Waals surface area contributed by atoms with E-state index in [0.29, 0.717) is 38.5 Å². The van der Waals surface area contributed by atoms with Crippen LogP contribution in [0.15, 0.2) is 33.9 Å². The van der Waals surface area contributed by atoms with Gasteiger partial charge in [-0.2, -0.15) is 0 Å². The summed E-state index contributed by atoms with van der Waals surface area (Å²) in [5.41, 5.74) is -0.258. The van der Waals surface area contributed by atoms with Crippen LogP contribution >= 0.6 is 11.8 Å². The third kappa shape index (κ3) is 8.01. The van der Waals surface area contributed by atoms with Crippen LogP contribution in [0.1, 0.15) is 39.7 Å². The Bertz CT molecular complexity index is 939. The van der Waals surface area contributed by atoms with Gasteiger partial charge >= 0.3 is 0 Å². The molecular formula is C22H30FN5O4S. The average Bonchev–Trinajstić information content (AvgIpc) is 3.22. The van der Waals surface area contributed by atoms with Gasteiger partial charge in [-0.3, -0.25) is 14.5 Å². The van der Waals surface area contributed by atoms with Gasteiger partial charge in [0.2, 0.25) is 11.8 Å². The molecule has 1 aliphatic rings. The standard InChI is InChI=1S/C22H30FN5O4S/c1-15(31-17-7-5-16(23)6-8-17)20-25-26-21(32-20)33-14-19(30)28-11-9-27(10-12-28)13-18(29)24-22(2,3)4/h5-8,15H,9-14H2,1-4H3,(H,24,29). The molecule has 180 valence electrons. The molecule has 1 aromatic carbocycles. The van der Waals surface area contributed by atoms with E-state index in [9.17, 15) is 14.0 Å². The van der Waals surface area contributed by atoms with Crippen molar-refractivity contribution in [2.75, 3.05) is 38.5 Å². The first-order valence-corrected chi connectivity index (χ1v) is 11.8. The zero-order valence-electron chi connectivity index (χ0n) is 19.3. The van der Waals surface area contributed by atoms with E-state index in [4.69, 9.17) is 9.15 Å². The van der Waals surface area contributed by atoms with Crippen molar-refractivity contribution in [3.63, 3.8) is 0 Å². The summed E-state index contributed by atoms with van der Waals surface area (Å²) in [5.74, 6) is 0.567. The predicted octanol–water partition coefficient (Wildman–Crippen LogP) is 2.50. The van der Waals surface area contributed by atoms with Gasteiger partial charge in [-0.25, -0.2) is 4.39 Å². The number of aromatic nitrogens is 2. The van der Waals surface area contributed by atoms with Crippen LogP contribution < -0.4 is 10.1 Å². The molecule has 1 aliphatic heterocycles. The Morgan fingerprint density at radius 1 is 1.18 bits per heavy atom. The van der Waals surface area contributed by atoms with Crippen molar-refractivity contribution in [3.05, 3.63) is 36.0 Å². The lowest BCUT2D eigenvalue weighted by atomic mass is 10.1. The normalized spacial score (nSPS) is 15.8. The topological polar surface area (TPSA) is 101 Å². The van der Waals surface area contributed by atoms with E-state index >= 15 is 0 Å². The molecule has 1 unspecified atom stereocenters. The fourth-order valence-corrected chi connectivity index (χ4v) is 3.91. The van der Waals surface area contributed by atoms with Gasteiger partial charge < -0.3 is 19.4 Å². The number of nitrogens with one attached hydrogen (secondary N) is 1. The van der Waals surface area contributed by atoms with E-state index in [1.54, 1.807) is 11.8 Å². The summed E-state index contributed by atoms with van der Waals surface area (Å²) >= 11 is 1.17. The van der Waals surface area contributed by atoms with E-state index in [1.165, 1.54) is 36.0 Å². The second-order valence-electron chi connectivity index (χ2n) is 8.86. The van der Waals surface area contributed by atoms with E-state index in [2.05, 4.69) is 15.5 Å². The van der Waals surface area contributed by atoms with Crippen LogP contribution in [0.5, 0.6) is 5.75 Å². The Balaban J connectivity index is 1.40. The van der Waals surface area contributed by atoms with Gasteiger partial charge in [0.1, 0.15) is 11.6 Å². The second-order valence-corrected chi connectivity index (χ2v) is 9.79. The van der Waals surface area contributed by atoms with Gasteiger partial charge in [0, 0.05) is 31.7 Å². The number of hydrogen-bond acceptors (Lipinski definition) is 8. The molecule has 11 heteroatoms. The molecule has 1 saturated heterocycles. The Labute approximate surface area is 197 Å². The van der Waals surface area contributed by atoms with Crippen LogP contribution in [-0.4, -0.2) is 75.8 Å². The van der Waals surface area contributed by atoms with Crippen molar-refractivity contribution < 1.29 is 23.1 Å². The molecule has 3 rings (SSSR count). The Kier molecular flexibility index (Phi) is 8.30. The van der Waals surface area contributed by atoms with E-state index in [1.807, 2.05) is 25.7 Å². The van der Waals surface area contributed by atoms with Crippen LogP contribution in [0.25, 0.3) is 0 Å². The lowest BCUT2D eigenvalue weighted by Gasteiger charge is -2.34. The van der Waals surface area contributed by atoms with Gasteiger partial charge in [-0.1, -0.05) is 11.8 Å². The predicted molar refractivity (Wildman–Crippen MR) is 121 cm³/mol. The number of halogens is 1. The number of piperazine rings is 1. The van der Waals surface area contributed by atoms with Crippen molar-refractivity contribution in [2.45, 2.75) is 44.6 Å². The third-order valence-corrected chi connectivity index (χ3v) is 5.63. The Morgan fingerprint density at radius 2 is 1.85 bits per heavy atom. The van der Waals surface area contributed by atoms with Crippen LogP contribution in [-0.2, 0) is 9.59 Å². The molecule has 2 heterocycles. The van der Waals surface area contributed by atoms with E-state index in [0.717, 1.165) is 0 Å². The third-order valence-electron chi connectivity index (χ3n) is 4.82. The minimum atomic E-state index is -0.517. The molecule has 1 atom stereocenters. The SMILES string of the molecule is CC(Oc1ccc(F)cc1)c1nnc(SCC(=O)N2CCN(CC(=O)NC(C)(C)C)CC2)o1. The Hall–Kier alpha value is -2.66. The summed E-state index contributed by atoms with van der Waals surface area (Å²) in [6.45, 7) is 10.4. The van der Waals surface area contributed by atoms with Gasteiger partial charge in [0.15, 0.2) is 6.10 Å². The molecule has 0 saturated carbocycles. The summed E-state index contributed by atoms with van der Waals surface area (Å²) in [7, 11) is 0. The zero-order valence-corrected chi connectivity index (χ0v) is 20.2. The first-order valence-electron chi connectivity index (χ1n) is 10.8. The van der Waals surface area contributed by atoms with Crippen molar-refractivity contribution >= 4 is 23.6 Å². The van der Waals surface area contributed by atoms with E-state index in [-0.39, 0.29) is 40.0 Å². The maximum Gasteiger partial charge on any atom is 0.277 e. The van der Waals surface area contributed by atoms with Crippen LogP contribution in [0.4, 0.5) is 4.39 Å². The minimum absolute atomic E-state index is 0.0114. The van der Waals surface area contributed by atoms with Gasteiger partial charge in [0.05, 0.1) is 12.3 Å². The summed E-state index contributed by atoms with van der Waals surface area (Å²) in [6.07, 6.45) is -0.517. The molecule has 0 spiro atoms. The first kappa shape index (κ1) is 25.0. The quantitative estimate of drug-likeness (QED) is 0.577. The zero-order chi connectivity index (χ0) is 24.0. The number of nitrogens with zero attached hydrogens (tertiary/aromatic N) is 4. The summed E-state index contributed by atoms with van der Waals surface area (Å²) in [4.78, 5) is 28.5.